The Morgan fingerprint density at radius 3 is 2.48 bits per heavy atom. The van der Waals surface area contributed by atoms with E-state index < -0.39 is 5.97 Å². The van der Waals surface area contributed by atoms with Crippen LogP contribution in [0.4, 0.5) is 9.39 Å². The summed E-state index contributed by atoms with van der Waals surface area (Å²) in [5.41, 5.74) is 1.66. The fraction of sp³-hybridized carbons (Fsp3) is 0.455. The van der Waals surface area contributed by atoms with Crippen molar-refractivity contribution >= 4 is 28.2 Å². The predicted molar refractivity (Wildman–Crippen MR) is 114 cm³/mol. The van der Waals surface area contributed by atoms with Crippen molar-refractivity contribution in [3.63, 3.8) is 0 Å². The summed E-state index contributed by atoms with van der Waals surface area (Å²) in [6.45, 7) is 2.31. The number of likely N-dealkylation sites (N-methyl/N-ethyl adjacent to an activating group) is 1. The third kappa shape index (κ3) is 5.03. The van der Waals surface area contributed by atoms with Gasteiger partial charge in [0, 0.05) is 10.9 Å². The number of carbonyl (C=O) groups is 2. The summed E-state index contributed by atoms with van der Waals surface area (Å²) in [5, 5.41) is 5.19. The molecule has 0 atom stereocenters. The van der Waals surface area contributed by atoms with Crippen LogP contribution in [0.25, 0.3) is 11.1 Å². The molecule has 1 fully saturated rings. The smallest absolute Gasteiger partial charge is 0.341 e. The van der Waals surface area contributed by atoms with Crippen molar-refractivity contribution in [3.8, 4) is 11.1 Å². The molecule has 1 N–H and O–H groups in total. The largest absolute Gasteiger partial charge is 0.462 e. The Morgan fingerprint density at radius 1 is 1.21 bits per heavy atom. The zero-order valence-electron chi connectivity index (χ0n) is 17.2. The second kappa shape index (κ2) is 9.05. The molecule has 1 amide bonds. The van der Waals surface area contributed by atoms with Crippen molar-refractivity contribution < 1.29 is 23.2 Å². The molecule has 0 aliphatic heterocycles. The maximum atomic E-state index is 13.3. The van der Waals surface area contributed by atoms with Crippen LogP contribution in [0.1, 0.15) is 43.0 Å². The summed E-state index contributed by atoms with van der Waals surface area (Å²) in [4.78, 5) is 25.4. The van der Waals surface area contributed by atoms with Gasteiger partial charge in [0.2, 0.25) is 0 Å². The molecule has 0 spiro atoms. The third-order valence-corrected chi connectivity index (χ3v) is 6.44. The van der Waals surface area contributed by atoms with E-state index in [0.29, 0.717) is 38.8 Å². The molecular formula is C22H28FN2O3S+. The molecule has 0 saturated heterocycles. The van der Waals surface area contributed by atoms with Crippen LogP contribution >= 0.6 is 11.3 Å². The van der Waals surface area contributed by atoms with Crippen LogP contribution in [0.2, 0.25) is 0 Å². The van der Waals surface area contributed by atoms with Crippen LogP contribution in [0.5, 0.6) is 0 Å². The Morgan fingerprint density at radius 2 is 1.86 bits per heavy atom. The lowest BCUT2D eigenvalue weighted by atomic mass is 10.0. The molecule has 29 heavy (non-hydrogen) atoms. The van der Waals surface area contributed by atoms with Crippen LogP contribution in [0.3, 0.4) is 0 Å². The van der Waals surface area contributed by atoms with E-state index in [9.17, 15) is 14.0 Å². The van der Waals surface area contributed by atoms with Crippen molar-refractivity contribution in [1.29, 1.82) is 0 Å². The standard InChI is InChI=1S/C22H27FN2O3S/c1-4-28-22(27)20-18(15-9-11-16(23)12-10-15)14-29-21(20)24-19(26)13-25(2,3)17-7-5-6-8-17/h9-12,14,17H,4-8,13H2,1-3H3/p+1. The van der Waals surface area contributed by atoms with Crippen molar-refractivity contribution in [3.05, 3.63) is 41.0 Å². The summed E-state index contributed by atoms with van der Waals surface area (Å²) in [6, 6.07) is 6.42. The highest BCUT2D eigenvalue weighted by molar-refractivity contribution is 7.15. The fourth-order valence-corrected chi connectivity index (χ4v) is 4.94. The Hall–Kier alpha value is -2.25. The van der Waals surface area contributed by atoms with E-state index in [1.807, 2.05) is 0 Å². The van der Waals surface area contributed by atoms with Gasteiger partial charge in [-0.05, 0) is 50.3 Å². The Balaban J connectivity index is 1.83. The third-order valence-electron chi connectivity index (χ3n) is 5.54. The molecular weight excluding hydrogens is 391 g/mol. The minimum absolute atomic E-state index is 0.125. The van der Waals surface area contributed by atoms with Gasteiger partial charge in [-0.15, -0.1) is 11.3 Å². The average Bonchev–Trinajstić information content (AvgIpc) is 3.32. The lowest BCUT2D eigenvalue weighted by Gasteiger charge is -2.35. The highest BCUT2D eigenvalue weighted by Gasteiger charge is 2.33. The van der Waals surface area contributed by atoms with Gasteiger partial charge in [0.25, 0.3) is 5.91 Å². The van der Waals surface area contributed by atoms with E-state index >= 15 is 0 Å². The van der Waals surface area contributed by atoms with Crippen molar-refractivity contribution in [2.45, 2.75) is 38.6 Å². The molecule has 1 heterocycles. The SMILES string of the molecule is CCOC(=O)c1c(-c2ccc(F)cc2)csc1NC(=O)C[N+](C)(C)C1CCCC1. The van der Waals surface area contributed by atoms with Gasteiger partial charge in [-0.25, -0.2) is 9.18 Å². The van der Waals surface area contributed by atoms with Crippen molar-refractivity contribution in [2.24, 2.45) is 0 Å². The summed E-state index contributed by atoms with van der Waals surface area (Å²) in [6.07, 6.45) is 4.71. The van der Waals surface area contributed by atoms with Gasteiger partial charge in [0.15, 0.2) is 6.54 Å². The molecule has 7 heteroatoms. The number of amides is 1. The Bertz CT molecular complexity index is 871. The summed E-state index contributed by atoms with van der Waals surface area (Å²) in [5.74, 6) is -0.963. The lowest BCUT2D eigenvalue weighted by Crippen LogP contribution is -2.51. The number of carbonyl (C=O) groups excluding carboxylic acids is 2. The number of hydrogen-bond acceptors (Lipinski definition) is 4. The van der Waals surface area contributed by atoms with Crippen LogP contribution < -0.4 is 5.32 Å². The Kier molecular flexibility index (Phi) is 6.70. The number of thiophene rings is 1. The first-order valence-corrected chi connectivity index (χ1v) is 10.9. The highest BCUT2D eigenvalue weighted by atomic mass is 32.1. The first-order valence-electron chi connectivity index (χ1n) is 9.99. The van der Waals surface area contributed by atoms with E-state index in [0.717, 1.165) is 12.8 Å². The quantitative estimate of drug-likeness (QED) is 0.523. The first-order chi connectivity index (χ1) is 13.8. The number of ether oxygens (including phenoxy) is 1. The van der Waals surface area contributed by atoms with Crippen LogP contribution in [0.15, 0.2) is 29.6 Å². The molecule has 156 valence electrons. The van der Waals surface area contributed by atoms with E-state index in [2.05, 4.69) is 19.4 Å². The van der Waals surface area contributed by atoms with Crippen LogP contribution in [-0.2, 0) is 9.53 Å². The summed E-state index contributed by atoms with van der Waals surface area (Å²) < 4.78 is 19.1. The van der Waals surface area contributed by atoms with E-state index in [-0.39, 0.29) is 18.3 Å². The van der Waals surface area contributed by atoms with Gasteiger partial charge in [-0.1, -0.05) is 12.1 Å². The zero-order valence-corrected chi connectivity index (χ0v) is 18.0. The maximum absolute atomic E-state index is 13.3. The van der Waals surface area contributed by atoms with Gasteiger partial charge >= 0.3 is 5.97 Å². The number of anilines is 1. The molecule has 0 radical (unpaired) electrons. The van der Waals surface area contributed by atoms with Gasteiger partial charge in [-0.3, -0.25) is 4.79 Å². The molecule has 1 aliphatic carbocycles. The van der Waals surface area contributed by atoms with E-state index in [4.69, 9.17) is 4.74 Å². The number of nitrogens with zero attached hydrogens (tertiary/aromatic N) is 1. The van der Waals surface area contributed by atoms with Gasteiger partial charge in [0.05, 0.1) is 26.7 Å². The summed E-state index contributed by atoms with van der Waals surface area (Å²) >= 11 is 1.28. The fourth-order valence-electron chi connectivity index (χ4n) is 3.97. The molecule has 3 rings (SSSR count). The number of rotatable bonds is 7. The number of quaternary nitrogens is 1. The molecule has 1 saturated carbocycles. The zero-order chi connectivity index (χ0) is 21.0. The molecule has 2 aromatic rings. The van der Waals surface area contributed by atoms with Gasteiger partial charge < -0.3 is 14.5 Å². The monoisotopic (exact) mass is 419 g/mol. The number of benzene rings is 1. The van der Waals surface area contributed by atoms with E-state index in [1.165, 1.54) is 36.3 Å². The molecule has 0 bridgehead atoms. The van der Waals surface area contributed by atoms with Crippen molar-refractivity contribution in [1.82, 2.24) is 0 Å². The molecule has 0 unspecified atom stereocenters. The maximum Gasteiger partial charge on any atom is 0.341 e. The number of esters is 1. The van der Waals surface area contributed by atoms with Crippen LogP contribution in [0, 0.1) is 5.82 Å². The number of halogens is 1. The van der Waals surface area contributed by atoms with Crippen molar-refractivity contribution in [2.75, 3.05) is 32.6 Å². The Labute approximate surface area is 175 Å². The molecule has 1 aromatic carbocycles. The minimum Gasteiger partial charge on any atom is -0.462 e. The van der Waals surface area contributed by atoms with Gasteiger partial charge in [-0.2, -0.15) is 0 Å². The second-order valence-corrected chi connectivity index (χ2v) is 8.88. The number of hydrogen-bond donors (Lipinski definition) is 1. The molecule has 1 aliphatic rings. The lowest BCUT2D eigenvalue weighted by molar-refractivity contribution is -0.906. The number of nitrogens with one attached hydrogen (secondary N) is 1. The second-order valence-electron chi connectivity index (χ2n) is 8.00. The van der Waals surface area contributed by atoms with E-state index in [1.54, 1.807) is 24.4 Å². The predicted octanol–water partition coefficient (Wildman–Crippen LogP) is 4.69. The minimum atomic E-state index is -0.493. The average molecular weight is 420 g/mol. The van der Waals surface area contributed by atoms with Crippen LogP contribution in [-0.4, -0.2) is 49.6 Å². The highest BCUT2D eigenvalue weighted by Crippen LogP contribution is 2.36. The normalized spacial score (nSPS) is 14.8. The summed E-state index contributed by atoms with van der Waals surface area (Å²) in [7, 11) is 4.17. The first kappa shape index (κ1) is 21.5. The van der Waals surface area contributed by atoms with Gasteiger partial charge in [0.1, 0.15) is 16.4 Å². The molecule has 5 nitrogen and oxygen atoms in total. The topological polar surface area (TPSA) is 55.4 Å². The molecule has 1 aromatic heterocycles.